The van der Waals surface area contributed by atoms with Gasteiger partial charge in [0, 0.05) is 45.4 Å². The first kappa shape index (κ1) is 15.0. The summed E-state index contributed by atoms with van der Waals surface area (Å²) in [5.74, 6) is 0.592. The lowest BCUT2D eigenvalue weighted by Gasteiger charge is -2.45. The van der Waals surface area contributed by atoms with Crippen LogP contribution in [0.25, 0.3) is 0 Å². The summed E-state index contributed by atoms with van der Waals surface area (Å²) in [5.41, 5.74) is 1.47. The van der Waals surface area contributed by atoms with Crippen molar-refractivity contribution in [3.05, 3.63) is 35.9 Å². The second-order valence-corrected chi connectivity index (χ2v) is 6.73. The average molecular weight is 288 g/mol. The molecule has 3 atom stereocenters. The first-order valence-electron chi connectivity index (χ1n) is 8.30. The minimum atomic E-state index is 0.542. The largest absolute Gasteiger partial charge is 0.384 e. The van der Waals surface area contributed by atoms with Crippen molar-refractivity contribution in [1.29, 1.82) is 0 Å². The predicted octanol–water partition coefficient (Wildman–Crippen LogP) is 2.79. The standard InChI is InChI=1S/C18H28N2O/c1-15(14-21-2)11-20-12-17-9-6-10-19(17)13-18(20)16-7-4-3-5-8-16/h3-5,7-8,15,17-18H,6,9-14H2,1-2H3. The van der Waals surface area contributed by atoms with E-state index in [-0.39, 0.29) is 0 Å². The summed E-state index contributed by atoms with van der Waals surface area (Å²) in [6.45, 7) is 7.98. The van der Waals surface area contributed by atoms with Crippen molar-refractivity contribution >= 4 is 0 Å². The van der Waals surface area contributed by atoms with Gasteiger partial charge in [-0.25, -0.2) is 0 Å². The SMILES string of the molecule is COCC(C)CN1CC2CCCN2CC1c1ccccc1. The normalized spacial score (nSPS) is 28.5. The Labute approximate surface area is 128 Å². The molecule has 2 heterocycles. The summed E-state index contributed by atoms with van der Waals surface area (Å²) in [6, 6.07) is 12.3. The molecular formula is C18H28N2O. The van der Waals surface area contributed by atoms with Gasteiger partial charge >= 0.3 is 0 Å². The van der Waals surface area contributed by atoms with Crippen molar-refractivity contribution in [2.24, 2.45) is 5.92 Å². The topological polar surface area (TPSA) is 15.7 Å². The molecule has 3 nitrogen and oxygen atoms in total. The van der Waals surface area contributed by atoms with E-state index in [0.717, 1.165) is 19.2 Å². The van der Waals surface area contributed by atoms with Crippen molar-refractivity contribution in [3.8, 4) is 0 Å². The predicted molar refractivity (Wildman–Crippen MR) is 86.4 cm³/mol. The van der Waals surface area contributed by atoms with Crippen molar-refractivity contribution in [1.82, 2.24) is 9.80 Å². The molecule has 0 bridgehead atoms. The zero-order valence-electron chi connectivity index (χ0n) is 13.4. The van der Waals surface area contributed by atoms with Crippen LogP contribution in [0.15, 0.2) is 30.3 Å². The van der Waals surface area contributed by atoms with Crippen LogP contribution < -0.4 is 0 Å². The van der Waals surface area contributed by atoms with Gasteiger partial charge in [0.05, 0.1) is 0 Å². The number of nitrogens with zero attached hydrogens (tertiary/aromatic N) is 2. The second kappa shape index (κ2) is 6.91. The minimum Gasteiger partial charge on any atom is -0.384 e. The molecule has 116 valence electrons. The number of benzene rings is 1. The van der Waals surface area contributed by atoms with Gasteiger partial charge in [0.2, 0.25) is 0 Å². The van der Waals surface area contributed by atoms with Crippen LogP contribution in [0.1, 0.15) is 31.4 Å². The average Bonchev–Trinajstić information content (AvgIpc) is 2.95. The van der Waals surface area contributed by atoms with Gasteiger partial charge in [-0.2, -0.15) is 0 Å². The Morgan fingerprint density at radius 1 is 1.24 bits per heavy atom. The Balaban J connectivity index is 1.75. The quantitative estimate of drug-likeness (QED) is 0.828. The minimum absolute atomic E-state index is 0.542. The van der Waals surface area contributed by atoms with Gasteiger partial charge in [0.15, 0.2) is 0 Å². The summed E-state index contributed by atoms with van der Waals surface area (Å²) in [6.07, 6.45) is 2.74. The lowest BCUT2D eigenvalue weighted by molar-refractivity contribution is 0.0296. The van der Waals surface area contributed by atoms with Gasteiger partial charge in [-0.3, -0.25) is 9.80 Å². The fourth-order valence-corrected chi connectivity index (χ4v) is 4.01. The monoisotopic (exact) mass is 288 g/mol. The van der Waals surface area contributed by atoms with Crippen LogP contribution in [0, 0.1) is 5.92 Å². The third kappa shape index (κ3) is 3.47. The van der Waals surface area contributed by atoms with Gasteiger partial charge in [-0.15, -0.1) is 0 Å². The van der Waals surface area contributed by atoms with E-state index in [4.69, 9.17) is 4.74 Å². The van der Waals surface area contributed by atoms with E-state index in [2.05, 4.69) is 47.1 Å². The van der Waals surface area contributed by atoms with Crippen LogP contribution in [0.4, 0.5) is 0 Å². The van der Waals surface area contributed by atoms with E-state index in [1.807, 2.05) is 0 Å². The van der Waals surface area contributed by atoms with Gasteiger partial charge in [0.1, 0.15) is 0 Å². The smallest absolute Gasteiger partial charge is 0.0500 e. The maximum Gasteiger partial charge on any atom is 0.0500 e. The van der Waals surface area contributed by atoms with Gasteiger partial charge in [-0.1, -0.05) is 37.3 Å². The fraction of sp³-hybridized carbons (Fsp3) is 0.667. The van der Waals surface area contributed by atoms with Gasteiger partial charge in [0.25, 0.3) is 0 Å². The number of piperazine rings is 1. The highest BCUT2D eigenvalue weighted by Gasteiger charge is 2.37. The molecule has 0 aliphatic carbocycles. The molecule has 1 aromatic rings. The number of hydrogen-bond donors (Lipinski definition) is 0. The van der Waals surface area contributed by atoms with E-state index in [0.29, 0.717) is 12.0 Å². The maximum atomic E-state index is 5.34. The zero-order chi connectivity index (χ0) is 14.7. The molecule has 0 spiro atoms. The van der Waals surface area contributed by atoms with E-state index in [9.17, 15) is 0 Å². The number of hydrogen-bond acceptors (Lipinski definition) is 3. The Morgan fingerprint density at radius 3 is 2.81 bits per heavy atom. The molecule has 0 saturated carbocycles. The van der Waals surface area contributed by atoms with E-state index >= 15 is 0 Å². The highest BCUT2D eigenvalue weighted by molar-refractivity contribution is 5.20. The molecule has 2 fully saturated rings. The van der Waals surface area contributed by atoms with Crippen molar-refractivity contribution < 1.29 is 4.74 Å². The molecule has 3 heteroatoms. The van der Waals surface area contributed by atoms with Gasteiger partial charge in [-0.05, 0) is 30.9 Å². The summed E-state index contributed by atoms with van der Waals surface area (Å²) < 4.78 is 5.34. The third-order valence-electron chi connectivity index (χ3n) is 4.97. The molecule has 2 saturated heterocycles. The molecule has 0 amide bonds. The number of fused-ring (bicyclic) bond motifs is 1. The van der Waals surface area contributed by atoms with Crippen LogP contribution in [-0.4, -0.2) is 55.7 Å². The summed E-state index contributed by atoms with van der Waals surface area (Å²) >= 11 is 0. The Hall–Kier alpha value is -0.900. The zero-order valence-corrected chi connectivity index (χ0v) is 13.4. The molecular weight excluding hydrogens is 260 g/mol. The van der Waals surface area contributed by atoms with Crippen LogP contribution in [0.3, 0.4) is 0 Å². The van der Waals surface area contributed by atoms with Crippen LogP contribution >= 0.6 is 0 Å². The number of rotatable bonds is 5. The van der Waals surface area contributed by atoms with E-state index in [1.54, 1.807) is 7.11 Å². The molecule has 0 aromatic heterocycles. The van der Waals surface area contributed by atoms with Crippen molar-refractivity contribution in [2.75, 3.05) is 39.9 Å². The second-order valence-electron chi connectivity index (χ2n) is 6.73. The highest BCUT2D eigenvalue weighted by atomic mass is 16.5. The van der Waals surface area contributed by atoms with Crippen LogP contribution in [0.2, 0.25) is 0 Å². The molecule has 3 rings (SSSR count). The Bertz CT molecular complexity index is 436. The van der Waals surface area contributed by atoms with Crippen molar-refractivity contribution in [3.63, 3.8) is 0 Å². The Kier molecular flexibility index (Phi) is 4.94. The summed E-state index contributed by atoms with van der Waals surface area (Å²) in [4.78, 5) is 5.40. The lowest BCUT2D eigenvalue weighted by atomic mass is 9.98. The number of ether oxygens (including phenoxy) is 1. The lowest BCUT2D eigenvalue weighted by Crippen LogP contribution is -2.52. The molecule has 2 aliphatic heterocycles. The Morgan fingerprint density at radius 2 is 2.05 bits per heavy atom. The molecule has 0 radical (unpaired) electrons. The fourth-order valence-electron chi connectivity index (χ4n) is 4.01. The molecule has 21 heavy (non-hydrogen) atoms. The maximum absolute atomic E-state index is 5.34. The molecule has 1 aromatic carbocycles. The highest BCUT2D eigenvalue weighted by Crippen LogP contribution is 2.32. The first-order chi connectivity index (χ1) is 10.3. The molecule has 0 N–H and O–H groups in total. The molecule has 3 unspecified atom stereocenters. The summed E-state index contributed by atoms with van der Waals surface area (Å²) in [7, 11) is 1.81. The van der Waals surface area contributed by atoms with E-state index in [1.165, 1.54) is 38.0 Å². The third-order valence-corrected chi connectivity index (χ3v) is 4.97. The van der Waals surface area contributed by atoms with E-state index < -0.39 is 0 Å². The first-order valence-corrected chi connectivity index (χ1v) is 8.30. The van der Waals surface area contributed by atoms with Crippen molar-refractivity contribution in [2.45, 2.75) is 31.8 Å². The number of methoxy groups -OCH3 is 1. The van der Waals surface area contributed by atoms with Crippen LogP contribution in [0.5, 0.6) is 0 Å². The summed E-state index contributed by atoms with van der Waals surface area (Å²) in [5, 5.41) is 0. The van der Waals surface area contributed by atoms with Crippen LogP contribution in [-0.2, 0) is 4.74 Å². The van der Waals surface area contributed by atoms with Gasteiger partial charge < -0.3 is 4.74 Å². The molecule has 2 aliphatic rings.